The molecule has 2 aromatic carbocycles. The van der Waals surface area contributed by atoms with Crippen LogP contribution in [0.25, 0.3) is 0 Å². The van der Waals surface area contributed by atoms with Crippen LogP contribution in [0.4, 0.5) is 11.4 Å². The Kier molecular flexibility index (Phi) is 6.43. The Morgan fingerprint density at radius 1 is 1.28 bits per heavy atom. The number of rotatable bonds is 7. The fourth-order valence-corrected chi connectivity index (χ4v) is 3.95. The highest BCUT2D eigenvalue weighted by molar-refractivity contribution is 8.00. The van der Waals surface area contributed by atoms with Crippen molar-refractivity contribution in [2.45, 2.75) is 18.2 Å². The van der Waals surface area contributed by atoms with Crippen molar-refractivity contribution in [1.29, 1.82) is 0 Å². The number of hydrogen-bond acceptors (Lipinski definition) is 5. The van der Waals surface area contributed by atoms with Crippen LogP contribution in [0.5, 0.6) is 5.75 Å². The zero-order valence-electron chi connectivity index (χ0n) is 16.3. The first-order valence-corrected chi connectivity index (χ1v) is 10.1. The third kappa shape index (κ3) is 4.89. The third-order valence-electron chi connectivity index (χ3n) is 4.64. The van der Waals surface area contributed by atoms with Crippen molar-refractivity contribution >= 4 is 40.9 Å². The predicted molar refractivity (Wildman–Crippen MR) is 113 cm³/mol. The second-order valence-corrected chi connectivity index (χ2v) is 7.84. The highest BCUT2D eigenvalue weighted by Gasteiger charge is 2.36. The average Bonchev–Trinajstić information content (AvgIpc) is 3.09. The molecule has 0 saturated carbocycles. The Hall–Kier alpha value is -3.00. The zero-order valence-corrected chi connectivity index (χ0v) is 17.1. The standard InChI is InChI=1S/C21H23N3O4S/c1-13-7-8-17(28-2)16(9-13)24-11-14(10-20(24)26)21(27)23-15-5-3-4-6-18(15)29-12-19(22)25/h3-9,14H,10-12H2,1-2H3,(H2,22,25)(H,23,27). The van der Waals surface area contributed by atoms with Gasteiger partial charge in [0.1, 0.15) is 5.75 Å². The van der Waals surface area contributed by atoms with Gasteiger partial charge in [-0.2, -0.15) is 0 Å². The quantitative estimate of drug-likeness (QED) is 0.680. The molecule has 0 aromatic heterocycles. The van der Waals surface area contributed by atoms with Gasteiger partial charge in [0, 0.05) is 17.9 Å². The molecule has 3 amide bonds. The molecule has 1 atom stereocenters. The fraction of sp³-hybridized carbons (Fsp3) is 0.286. The number of thioether (sulfide) groups is 1. The molecule has 3 rings (SSSR count). The van der Waals surface area contributed by atoms with Gasteiger partial charge in [0.25, 0.3) is 0 Å². The van der Waals surface area contributed by atoms with Gasteiger partial charge in [0.05, 0.1) is 30.2 Å². The summed E-state index contributed by atoms with van der Waals surface area (Å²) >= 11 is 1.26. The number of hydrogen-bond donors (Lipinski definition) is 2. The molecule has 7 nitrogen and oxygen atoms in total. The van der Waals surface area contributed by atoms with E-state index in [0.717, 1.165) is 10.5 Å². The van der Waals surface area contributed by atoms with E-state index in [1.54, 1.807) is 24.1 Å². The minimum atomic E-state index is -0.484. The number of methoxy groups -OCH3 is 1. The second kappa shape index (κ2) is 9.00. The van der Waals surface area contributed by atoms with Gasteiger partial charge in [0.2, 0.25) is 17.7 Å². The third-order valence-corrected chi connectivity index (χ3v) is 5.73. The van der Waals surface area contributed by atoms with E-state index >= 15 is 0 Å². The van der Waals surface area contributed by atoms with Crippen LogP contribution >= 0.6 is 11.8 Å². The molecule has 8 heteroatoms. The van der Waals surface area contributed by atoms with Crippen molar-refractivity contribution in [3.63, 3.8) is 0 Å². The lowest BCUT2D eigenvalue weighted by atomic mass is 10.1. The molecule has 29 heavy (non-hydrogen) atoms. The molecular weight excluding hydrogens is 390 g/mol. The molecule has 1 aliphatic rings. The first kappa shape index (κ1) is 20.7. The summed E-state index contributed by atoms with van der Waals surface area (Å²) < 4.78 is 5.38. The SMILES string of the molecule is COc1ccc(C)cc1N1CC(C(=O)Nc2ccccc2SCC(N)=O)CC1=O. The molecule has 1 saturated heterocycles. The summed E-state index contributed by atoms with van der Waals surface area (Å²) in [5, 5.41) is 2.89. The van der Waals surface area contributed by atoms with E-state index < -0.39 is 11.8 Å². The van der Waals surface area contributed by atoms with E-state index in [-0.39, 0.29) is 30.5 Å². The highest BCUT2D eigenvalue weighted by Crippen LogP contribution is 2.34. The number of nitrogens with two attached hydrogens (primary N) is 1. The molecule has 0 radical (unpaired) electrons. The van der Waals surface area contributed by atoms with Gasteiger partial charge >= 0.3 is 0 Å². The number of ether oxygens (including phenoxy) is 1. The summed E-state index contributed by atoms with van der Waals surface area (Å²) in [6.07, 6.45) is 0.125. The van der Waals surface area contributed by atoms with Crippen molar-refractivity contribution in [1.82, 2.24) is 0 Å². The molecule has 1 heterocycles. The minimum absolute atomic E-state index is 0.120. The molecule has 3 N–H and O–H groups in total. The largest absolute Gasteiger partial charge is 0.495 e. The van der Waals surface area contributed by atoms with Gasteiger partial charge in [-0.25, -0.2) is 0 Å². The number of aryl methyl sites for hydroxylation is 1. The van der Waals surface area contributed by atoms with Crippen LogP contribution in [-0.2, 0) is 14.4 Å². The van der Waals surface area contributed by atoms with Crippen LogP contribution in [0.2, 0.25) is 0 Å². The predicted octanol–water partition coefficient (Wildman–Crippen LogP) is 2.57. The van der Waals surface area contributed by atoms with Crippen LogP contribution in [0.15, 0.2) is 47.4 Å². The van der Waals surface area contributed by atoms with E-state index in [4.69, 9.17) is 10.5 Å². The summed E-state index contributed by atoms with van der Waals surface area (Å²) in [6, 6.07) is 12.8. The van der Waals surface area contributed by atoms with Gasteiger partial charge in [-0.05, 0) is 36.8 Å². The number of nitrogens with zero attached hydrogens (tertiary/aromatic N) is 1. The van der Waals surface area contributed by atoms with E-state index in [2.05, 4.69) is 5.32 Å². The van der Waals surface area contributed by atoms with E-state index in [1.807, 2.05) is 37.3 Å². The van der Waals surface area contributed by atoms with Crippen molar-refractivity contribution in [2.75, 3.05) is 29.6 Å². The first-order chi connectivity index (χ1) is 13.9. The zero-order chi connectivity index (χ0) is 21.0. The first-order valence-electron chi connectivity index (χ1n) is 9.15. The topological polar surface area (TPSA) is 102 Å². The summed E-state index contributed by atoms with van der Waals surface area (Å²) in [5.41, 5.74) is 7.48. The Morgan fingerprint density at radius 3 is 2.76 bits per heavy atom. The lowest BCUT2D eigenvalue weighted by molar-refractivity contribution is -0.122. The van der Waals surface area contributed by atoms with E-state index in [1.165, 1.54) is 11.8 Å². The maximum Gasteiger partial charge on any atom is 0.229 e. The molecule has 2 aromatic rings. The summed E-state index contributed by atoms with van der Waals surface area (Å²) in [5.74, 6) is -0.555. The van der Waals surface area contributed by atoms with Gasteiger partial charge in [-0.15, -0.1) is 11.8 Å². The lowest BCUT2D eigenvalue weighted by Gasteiger charge is -2.20. The monoisotopic (exact) mass is 413 g/mol. The number of nitrogens with one attached hydrogen (secondary N) is 1. The maximum atomic E-state index is 12.8. The van der Waals surface area contributed by atoms with Crippen molar-refractivity contribution in [3.8, 4) is 5.75 Å². The number of benzene rings is 2. The van der Waals surface area contributed by atoms with Crippen LogP contribution < -0.4 is 20.7 Å². The van der Waals surface area contributed by atoms with Gasteiger partial charge in [-0.3, -0.25) is 14.4 Å². The van der Waals surface area contributed by atoms with Gasteiger partial charge in [0.15, 0.2) is 0 Å². The second-order valence-electron chi connectivity index (χ2n) is 6.82. The molecule has 152 valence electrons. The van der Waals surface area contributed by atoms with Crippen LogP contribution in [-0.4, -0.2) is 37.1 Å². The van der Waals surface area contributed by atoms with Crippen LogP contribution in [0.1, 0.15) is 12.0 Å². The number of carbonyl (C=O) groups is 3. The molecule has 1 aliphatic heterocycles. The molecule has 0 aliphatic carbocycles. The molecule has 1 unspecified atom stereocenters. The van der Waals surface area contributed by atoms with Crippen molar-refractivity contribution in [2.24, 2.45) is 11.7 Å². The number of amides is 3. The van der Waals surface area contributed by atoms with Gasteiger partial charge in [-0.1, -0.05) is 18.2 Å². The Morgan fingerprint density at radius 2 is 2.03 bits per heavy atom. The Balaban J connectivity index is 1.74. The lowest BCUT2D eigenvalue weighted by Crippen LogP contribution is -2.28. The number of para-hydroxylation sites is 1. The van der Waals surface area contributed by atoms with Crippen molar-refractivity contribution in [3.05, 3.63) is 48.0 Å². The van der Waals surface area contributed by atoms with Crippen LogP contribution in [0.3, 0.4) is 0 Å². The smallest absolute Gasteiger partial charge is 0.229 e. The van der Waals surface area contributed by atoms with Crippen LogP contribution in [0, 0.1) is 12.8 Å². The maximum absolute atomic E-state index is 12.8. The van der Waals surface area contributed by atoms with E-state index in [9.17, 15) is 14.4 Å². The molecule has 1 fully saturated rings. The van der Waals surface area contributed by atoms with Crippen molar-refractivity contribution < 1.29 is 19.1 Å². The summed E-state index contributed by atoms with van der Waals surface area (Å²) in [6.45, 7) is 2.22. The Bertz CT molecular complexity index is 947. The summed E-state index contributed by atoms with van der Waals surface area (Å²) in [7, 11) is 1.56. The minimum Gasteiger partial charge on any atom is -0.495 e. The number of carbonyl (C=O) groups excluding carboxylic acids is 3. The Labute approximate surface area is 173 Å². The number of anilines is 2. The molecule has 0 spiro atoms. The van der Waals surface area contributed by atoms with E-state index in [0.29, 0.717) is 17.1 Å². The average molecular weight is 413 g/mol. The summed E-state index contributed by atoms with van der Waals surface area (Å²) in [4.78, 5) is 38.8. The number of primary amides is 1. The molecule has 0 bridgehead atoms. The highest BCUT2D eigenvalue weighted by atomic mass is 32.2. The fourth-order valence-electron chi connectivity index (χ4n) is 3.21. The van der Waals surface area contributed by atoms with Gasteiger partial charge < -0.3 is 20.7 Å². The molecular formula is C21H23N3O4S. The normalized spacial score (nSPS) is 16.0.